The molecular formula is C16H16F5O4-. The number of hydrogen-bond acceptors (Lipinski definition) is 4. The monoisotopic (exact) mass is 367 g/mol. The predicted molar refractivity (Wildman–Crippen MR) is 76.6 cm³/mol. The van der Waals surface area contributed by atoms with Crippen molar-refractivity contribution in [2.75, 3.05) is 7.11 Å². The van der Waals surface area contributed by atoms with E-state index in [1.54, 1.807) is 0 Å². The summed E-state index contributed by atoms with van der Waals surface area (Å²) in [5, 5.41) is 20.4. The Labute approximate surface area is 140 Å². The molecule has 0 saturated carbocycles. The molecular weight excluding hydrogens is 351 g/mol. The van der Waals surface area contributed by atoms with Gasteiger partial charge >= 0.3 is 6.18 Å². The third-order valence-corrected chi connectivity index (χ3v) is 3.77. The molecule has 1 atom stereocenters. The lowest BCUT2D eigenvalue weighted by Gasteiger charge is -2.32. The van der Waals surface area contributed by atoms with E-state index in [2.05, 4.69) is 0 Å². The van der Waals surface area contributed by atoms with Crippen LogP contribution in [0.15, 0.2) is 12.1 Å². The number of allylic oxidation sites excluding steroid dienone is 1. The summed E-state index contributed by atoms with van der Waals surface area (Å²) < 4.78 is 71.6. The van der Waals surface area contributed by atoms with Gasteiger partial charge in [0.1, 0.15) is 0 Å². The molecule has 9 heteroatoms. The van der Waals surface area contributed by atoms with Crippen molar-refractivity contribution in [1.29, 1.82) is 0 Å². The fourth-order valence-electron chi connectivity index (χ4n) is 2.27. The summed E-state index contributed by atoms with van der Waals surface area (Å²) in [7, 11) is 0.981. The van der Waals surface area contributed by atoms with Crippen LogP contribution in [0.2, 0.25) is 0 Å². The van der Waals surface area contributed by atoms with Gasteiger partial charge < -0.3 is 19.7 Å². The van der Waals surface area contributed by atoms with Crippen molar-refractivity contribution in [3.05, 3.63) is 34.9 Å². The van der Waals surface area contributed by atoms with Gasteiger partial charge in [0.25, 0.3) is 0 Å². The Hall–Kier alpha value is -2.16. The normalized spacial score (nSPS) is 15.0. The van der Waals surface area contributed by atoms with Crippen molar-refractivity contribution in [1.82, 2.24) is 0 Å². The highest BCUT2D eigenvalue weighted by Crippen LogP contribution is 2.41. The minimum absolute atomic E-state index is 0.0285. The Morgan fingerprint density at radius 2 is 1.88 bits per heavy atom. The van der Waals surface area contributed by atoms with Gasteiger partial charge in [0.15, 0.2) is 11.6 Å². The van der Waals surface area contributed by atoms with E-state index in [1.807, 2.05) is 0 Å². The van der Waals surface area contributed by atoms with Crippen LogP contribution >= 0.6 is 0 Å². The van der Waals surface area contributed by atoms with Crippen molar-refractivity contribution < 1.29 is 41.7 Å². The summed E-state index contributed by atoms with van der Waals surface area (Å²) in [6.07, 6.45) is -5.92. The molecule has 0 amide bonds. The molecule has 0 fully saturated rings. The summed E-state index contributed by atoms with van der Waals surface area (Å²) in [4.78, 5) is 10.9. The molecule has 1 rings (SSSR count). The first-order chi connectivity index (χ1) is 11.4. The minimum atomic E-state index is -5.54. The number of benzene rings is 1. The van der Waals surface area contributed by atoms with Crippen molar-refractivity contribution in [2.24, 2.45) is 0 Å². The van der Waals surface area contributed by atoms with Gasteiger partial charge in [-0.2, -0.15) is 17.6 Å². The molecule has 0 spiro atoms. The molecule has 4 nitrogen and oxygen atoms in total. The van der Waals surface area contributed by atoms with Crippen LogP contribution in [0, 0.1) is 11.6 Å². The number of aryl methyl sites for hydroxylation is 1. The third kappa shape index (κ3) is 3.76. The predicted octanol–water partition coefficient (Wildman–Crippen LogP) is 2.37. The highest BCUT2D eigenvalue weighted by molar-refractivity contribution is 5.82. The molecule has 0 bridgehead atoms. The van der Waals surface area contributed by atoms with Crippen LogP contribution in [-0.4, -0.2) is 30.0 Å². The first-order valence-corrected chi connectivity index (χ1v) is 7.15. The number of aliphatic carboxylic acids is 1. The quantitative estimate of drug-likeness (QED) is 0.784. The molecule has 1 N–H and O–H groups in total. The van der Waals surface area contributed by atoms with Crippen LogP contribution in [0.3, 0.4) is 0 Å². The number of hydrogen-bond donors (Lipinski definition) is 1. The smallest absolute Gasteiger partial charge is 0.422 e. The molecule has 0 aliphatic heterocycles. The molecule has 0 saturated heterocycles. The number of carboxylic acid groups (broad SMARTS) is 1. The molecule has 0 heterocycles. The van der Waals surface area contributed by atoms with Gasteiger partial charge in [-0.15, -0.1) is 0 Å². The SMILES string of the molecule is C/C=C(/CC(O)(C(=O)[O-])C(F)(F)F)c1cc(CC)c(F)c(F)c1OC. The van der Waals surface area contributed by atoms with Gasteiger partial charge in [0, 0.05) is 12.0 Å². The molecule has 1 aromatic carbocycles. The van der Waals surface area contributed by atoms with Gasteiger partial charge in [-0.3, -0.25) is 0 Å². The number of aliphatic hydroxyl groups is 1. The van der Waals surface area contributed by atoms with E-state index in [1.165, 1.54) is 13.8 Å². The van der Waals surface area contributed by atoms with Gasteiger partial charge in [-0.25, -0.2) is 4.39 Å². The van der Waals surface area contributed by atoms with Crippen LogP contribution in [0.25, 0.3) is 5.57 Å². The van der Waals surface area contributed by atoms with Crippen LogP contribution in [0.5, 0.6) is 5.75 Å². The van der Waals surface area contributed by atoms with E-state index in [9.17, 15) is 37.0 Å². The zero-order valence-electron chi connectivity index (χ0n) is 13.6. The first kappa shape index (κ1) is 20.9. The second-order valence-electron chi connectivity index (χ2n) is 5.23. The molecule has 0 aliphatic rings. The van der Waals surface area contributed by atoms with Gasteiger partial charge in [-0.1, -0.05) is 13.0 Å². The highest BCUT2D eigenvalue weighted by atomic mass is 19.4. The van der Waals surface area contributed by atoms with E-state index >= 15 is 0 Å². The number of carbonyl (C=O) groups is 1. The number of rotatable bonds is 6. The van der Waals surface area contributed by atoms with Crippen LogP contribution in [-0.2, 0) is 11.2 Å². The maximum Gasteiger partial charge on any atom is 0.422 e. The maximum absolute atomic E-state index is 14.1. The number of carbonyl (C=O) groups excluding carboxylic acids is 1. The Bertz CT molecular complexity index is 697. The summed E-state index contributed by atoms with van der Waals surface area (Å²) in [5.74, 6) is -6.08. The van der Waals surface area contributed by atoms with Gasteiger partial charge in [0.2, 0.25) is 11.4 Å². The molecule has 140 valence electrons. The van der Waals surface area contributed by atoms with E-state index in [-0.39, 0.29) is 17.5 Å². The number of alkyl halides is 3. The van der Waals surface area contributed by atoms with Crippen LogP contribution in [0.1, 0.15) is 31.4 Å². The molecule has 25 heavy (non-hydrogen) atoms. The number of carboxylic acids is 1. The molecule has 1 unspecified atom stereocenters. The molecule has 0 aromatic heterocycles. The van der Waals surface area contributed by atoms with E-state index < -0.39 is 47.1 Å². The lowest BCUT2D eigenvalue weighted by atomic mass is 9.88. The summed E-state index contributed by atoms with van der Waals surface area (Å²) in [6, 6.07) is 1.05. The number of methoxy groups -OCH3 is 1. The van der Waals surface area contributed by atoms with Gasteiger partial charge in [0.05, 0.1) is 13.1 Å². The number of halogens is 5. The van der Waals surface area contributed by atoms with Crippen molar-refractivity contribution in [3.63, 3.8) is 0 Å². The third-order valence-electron chi connectivity index (χ3n) is 3.77. The fourth-order valence-corrected chi connectivity index (χ4v) is 2.27. The Kier molecular flexibility index (Phi) is 6.17. The van der Waals surface area contributed by atoms with E-state index in [4.69, 9.17) is 4.74 Å². The van der Waals surface area contributed by atoms with E-state index in [0.29, 0.717) is 0 Å². The summed E-state index contributed by atoms with van der Waals surface area (Å²) in [6.45, 7) is 2.75. The zero-order valence-corrected chi connectivity index (χ0v) is 13.6. The second kappa shape index (κ2) is 7.38. The average molecular weight is 367 g/mol. The summed E-state index contributed by atoms with van der Waals surface area (Å²) >= 11 is 0. The fraction of sp³-hybridized carbons (Fsp3) is 0.438. The van der Waals surface area contributed by atoms with Gasteiger partial charge in [-0.05, 0) is 30.5 Å². The second-order valence-corrected chi connectivity index (χ2v) is 5.23. The molecule has 1 aromatic rings. The Balaban J connectivity index is 3.57. The lowest BCUT2D eigenvalue weighted by Crippen LogP contribution is -2.58. The molecule has 0 radical (unpaired) electrons. The highest BCUT2D eigenvalue weighted by Gasteiger charge is 2.55. The average Bonchev–Trinajstić information content (AvgIpc) is 2.53. The van der Waals surface area contributed by atoms with Crippen LogP contribution in [0.4, 0.5) is 22.0 Å². The Morgan fingerprint density at radius 1 is 1.32 bits per heavy atom. The number of ether oxygens (including phenoxy) is 1. The van der Waals surface area contributed by atoms with E-state index in [0.717, 1.165) is 19.3 Å². The van der Waals surface area contributed by atoms with Crippen LogP contribution < -0.4 is 9.84 Å². The van der Waals surface area contributed by atoms with Crippen molar-refractivity contribution >= 4 is 11.5 Å². The van der Waals surface area contributed by atoms with Crippen molar-refractivity contribution in [3.8, 4) is 5.75 Å². The minimum Gasteiger partial charge on any atom is -0.547 e. The molecule has 0 aliphatic carbocycles. The zero-order chi connectivity index (χ0) is 19.6. The standard InChI is InChI=1S/C16H17F5O4/c1-4-8-6-10(13(25-3)12(18)11(8)17)9(5-2)7-15(24,14(22)23)16(19,20)21/h5-6,24H,4,7H2,1-3H3,(H,22,23)/p-1/b9-5-. The Morgan fingerprint density at radius 3 is 2.24 bits per heavy atom. The lowest BCUT2D eigenvalue weighted by molar-refractivity contribution is -0.353. The summed E-state index contributed by atoms with van der Waals surface area (Å²) in [5.41, 5.74) is -5.02. The topological polar surface area (TPSA) is 69.6 Å². The van der Waals surface area contributed by atoms with Crippen molar-refractivity contribution in [2.45, 2.75) is 38.5 Å². The first-order valence-electron chi connectivity index (χ1n) is 7.15. The maximum atomic E-state index is 14.1. The largest absolute Gasteiger partial charge is 0.547 e.